The first-order valence-corrected chi connectivity index (χ1v) is 14.6. The number of fused-ring (bicyclic) bond motifs is 1. The first kappa shape index (κ1) is 28.3. The Kier molecular flexibility index (Phi) is 7.26. The normalized spacial score (nSPS) is 14.3. The highest BCUT2D eigenvalue weighted by molar-refractivity contribution is 5.84. The lowest BCUT2D eigenvalue weighted by atomic mass is 10.0. The van der Waals surface area contributed by atoms with Gasteiger partial charge in [-0.15, -0.1) is 0 Å². The lowest BCUT2D eigenvalue weighted by molar-refractivity contribution is 0.211. The minimum atomic E-state index is -0.568. The van der Waals surface area contributed by atoms with Crippen LogP contribution in [0.5, 0.6) is 5.75 Å². The van der Waals surface area contributed by atoms with Gasteiger partial charge in [0.2, 0.25) is 0 Å². The summed E-state index contributed by atoms with van der Waals surface area (Å²) in [5.41, 5.74) is 10.6. The van der Waals surface area contributed by atoms with Gasteiger partial charge in [0.1, 0.15) is 22.8 Å². The highest BCUT2D eigenvalue weighted by Crippen LogP contribution is 2.32. The molecule has 0 saturated carbocycles. The summed E-state index contributed by atoms with van der Waals surface area (Å²) in [6, 6.07) is 18.7. The molecule has 1 aliphatic heterocycles. The van der Waals surface area contributed by atoms with Crippen molar-refractivity contribution in [2.45, 2.75) is 25.4 Å². The molecule has 1 aliphatic rings. The summed E-state index contributed by atoms with van der Waals surface area (Å²) in [5.74, 6) is 0.669. The number of benzene rings is 1. The largest absolute Gasteiger partial charge is 0.491 e. The van der Waals surface area contributed by atoms with Gasteiger partial charge < -0.3 is 15.8 Å². The molecule has 0 aliphatic carbocycles. The molecule has 4 aromatic heterocycles. The molecule has 0 amide bonds. The van der Waals surface area contributed by atoms with Crippen LogP contribution in [0, 0.1) is 5.82 Å². The molecule has 0 unspecified atom stereocenters. The Morgan fingerprint density at radius 3 is 2.44 bits per heavy atom. The summed E-state index contributed by atoms with van der Waals surface area (Å²) in [7, 11) is 1.40. The van der Waals surface area contributed by atoms with Crippen LogP contribution in [0.25, 0.3) is 39.6 Å². The van der Waals surface area contributed by atoms with Gasteiger partial charge in [-0.2, -0.15) is 0 Å². The van der Waals surface area contributed by atoms with Crippen LogP contribution in [0.4, 0.5) is 15.9 Å². The zero-order valence-corrected chi connectivity index (χ0v) is 24.4. The van der Waals surface area contributed by atoms with Crippen LogP contribution in [0.15, 0.2) is 82.6 Å². The van der Waals surface area contributed by atoms with E-state index in [1.54, 1.807) is 12.3 Å². The van der Waals surface area contributed by atoms with E-state index in [0.29, 0.717) is 45.4 Å². The summed E-state index contributed by atoms with van der Waals surface area (Å²) in [6.07, 6.45) is 4.49. The van der Waals surface area contributed by atoms with E-state index in [4.69, 9.17) is 20.4 Å². The quantitative estimate of drug-likeness (QED) is 0.245. The third-order valence-corrected chi connectivity index (χ3v) is 8.18. The Morgan fingerprint density at radius 1 is 0.956 bits per heavy atom. The number of methoxy groups -OCH3 is 1. The van der Waals surface area contributed by atoms with Gasteiger partial charge in [0.05, 0.1) is 30.3 Å². The topological polar surface area (TPSA) is 141 Å². The lowest BCUT2D eigenvalue weighted by Crippen LogP contribution is -2.42. The van der Waals surface area contributed by atoms with E-state index in [1.165, 1.54) is 19.4 Å². The Bertz CT molecular complexity index is 2080. The number of rotatable bonds is 8. The maximum absolute atomic E-state index is 13.5. The first-order chi connectivity index (χ1) is 21.9. The van der Waals surface area contributed by atoms with Gasteiger partial charge in [0.15, 0.2) is 17.2 Å². The number of nitrogens with one attached hydrogen (secondary N) is 1. The highest BCUT2D eigenvalue weighted by atomic mass is 19.1. The molecule has 0 atom stereocenters. The molecule has 45 heavy (non-hydrogen) atoms. The van der Waals surface area contributed by atoms with Crippen molar-refractivity contribution >= 4 is 22.7 Å². The minimum absolute atomic E-state index is 0.108. The van der Waals surface area contributed by atoms with E-state index in [-0.39, 0.29) is 11.8 Å². The van der Waals surface area contributed by atoms with Crippen LogP contribution < -0.4 is 26.6 Å². The molecule has 0 bridgehead atoms. The maximum Gasteiger partial charge on any atom is 0.271 e. The standard InChI is InChI=1S/C33H29FN8O3/c1-45-30-27(28(43)29(30)44)38-21-12-15-41(16-13-21)18-19-4-7-22(8-5-19)42-32(23-3-2-14-36-31(23)35)40-26-11-10-25(39-33(26)42)24-9-6-20(34)17-37-24/h2-11,14,17,21,38H,12-13,15-16,18H2,1H3,(H2,35,36). The number of likely N-dealkylation sites (tertiary alicyclic amines) is 1. The number of ether oxygens (including phenoxy) is 1. The van der Waals surface area contributed by atoms with Crippen LogP contribution in [0.2, 0.25) is 0 Å². The van der Waals surface area contributed by atoms with E-state index < -0.39 is 16.7 Å². The molecule has 1 fully saturated rings. The number of nitrogens with zero attached hydrogens (tertiary/aromatic N) is 6. The Hall–Kier alpha value is -5.49. The monoisotopic (exact) mass is 604 g/mol. The van der Waals surface area contributed by atoms with E-state index in [0.717, 1.165) is 43.7 Å². The van der Waals surface area contributed by atoms with Gasteiger partial charge in [-0.25, -0.2) is 19.3 Å². The van der Waals surface area contributed by atoms with Crippen LogP contribution in [-0.2, 0) is 6.54 Å². The molecular weight excluding hydrogens is 575 g/mol. The number of halogens is 1. The van der Waals surface area contributed by atoms with Crippen LogP contribution in [0.1, 0.15) is 18.4 Å². The summed E-state index contributed by atoms with van der Waals surface area (Å²) in [5, 5.41) is 3.21. The average Bonchev–Trinajstić information content (AvgIpc) is 3.44. The van der Waals surface area contributed by atoms with Crippen molar-refractivity contribution in [2.75, 3.05) is 31.2 Å². The summed E-state index contributed by atoms with van der Waals surface area (Å²) >= 11 is 0. The van der Waals surface area contributed by atoms with Gasteiger partial charge in [0.25, 0.3) is 10.9 Å². The fourth-order valence-electron chi connectivity index (χ4n) is 5.80. The molecular formula is C33H29FN8O3. The second-order valence-electron chi connectivity index (χ2n) is 11.0. The Labute approximate surface area is 256 Å². The van der Waals surface area contributed by atoms with E-state index in [1.807, 2.05) is 41.0 Å². The van der Waals surface area contributed by atoms with Crippen molar-refractivity contribution in [1.29, 1.82) is 0 Å². The smallest absolute Gasteiger partial charge is 0.271 e. The van der Waals surface area contributed by atoms with Crippen molar-refractivity contribution in [3.63, 3.8) is 0 Å². The molecule has 1 saturated heterocycles. The summed E-state index contributed by atoms with van der Waals surface area (Å²) in [4.78, 5) is 44.2. The Morgan fingerprint density at radius 2 is 1.73 bits per heavy atom. The molecule has 6 aromatic rings. The van der Waals surface area contributed by atoms with Gasteiger partial charge >= 0.3 is 0 Å². The molecule has 0 spiro atoms. The molecule has 12 heteroatoms. The SMILES string of the molecule is COc1c(NC2CCN(Cc3ccc(-n4c(-c5cccnc5N)nc5ccc(-c6ccc(F)cn6)nc54)cc3)CC2)c(=O)c1=O. The zero-order valence-electron chi connectivity index (χ0n) is 24.4. The number of hydrogen-bond acceptors (Lipinski definition) is 10. The lowest BCUT2D eigenvalue weighted by Gasteiger charge is -2.33. The van der Waals surface area contributed by atoms with Crippen LogP contribution in [0.3, 0.4) is 0 Å². The predicted octanol–water partition coefficient (Wildman–Crippen LogP) is 3.95. The van der Waals surface area contributed by atoms with E-state index >= 15 is 0 Å². The van der Waals surface area contributed by atoms with Crippen molar-refractivity contribution in [1.82, 2.24) is 29.4 Å². The minimum Gasteiger partial charge on any atom is -0.491 e. The molecule has 0 radical (unpaired) electrons. The molecule has 7 rings (SSSR count). The second-order valence-corrected chi connectivity index (χ2v) is 11.0. The molecule has 11 nitrogen and oxygen atoms in total. The fourth-order valence-corrected chi connectivity index (χ4v) is 5.80. The average molecular weight is 605 g/mol. The van der Waals surface area contributed by atoms with Gasteiger partial charge in [-0.05, 0) is 66.9 Å². The first-order valence-electron chi connectivity index (χ1n) is 14.6. The molecule has 2 aromatic carbocycles. The third kappa shape index (κ3) is 5.29. The summed E-state index contributed by atoms with van der Waals surface area (Å²) in [6.45, 7) is 2.46. The van der Waals surface area contributed by atoms with E-state index in [2.05, 4.69) is 32.3 Å². The van der Waals surface area contributed by atoms with Crippen molar-refractivity contribution < 1.29 is 9.13 Å². The van der Waals surface area contributed by atoms with Gasteiger partial charge in [-0.3, -0.25) is 24.0 Å². The highest BCUT2D eigenvalue weighted by Gasteiger charge is 2.26. The van der Waals surface area contributed by atoms with Crippen LogP contribution in [-0.4, -0.2) is 55.6 Å². The summed E-state index contributed by atoms with van der Waals surface area (Å²) < 4.78 is 20.5. The van der Waals surface area contributed by atoms with Gasteiger partial charge in [0, 0.05) is 37.6 Å². The number of piperidine rings is 1. The number of hydrogen-bond donors (Lipinski definition) is 2. The number of nitrogens with two attached hydrogens (primary N) is 1. The van der Waals surface area contributed by atoms with Crippen LogP contribution >= 0.6 is 0 Å². The van der Waals surface area contributed by atoms with Crippen molar-refractivity contribution in [3.05, 3.63) is 105 Å². The fraction of sp³-hybridized carbons (Fsp3) is 0.212. The van der Waals surface area contributed by atoms with Crippen molar-refractivity contribution in [2.24, 2.45) is 0 Å². The van der Waals surface area contributed by atoms with Gasteiger partial charge in [-0.1, -0.05) is 12.1 Å². The zero-order chi connectivity index (χ0) is 31.1. The molecule has 5 heterocycles. The predicted molar refractivity (Wildman–Crippen MR) is 170 cm³/mol. The number of nitrogen functional groups attached to an aromatic ring is 1. The molecule has 3 N–H and O–H groups in total. The van der Waals surface area contributed by atoms with E-state index in [9.17, 15) is 14.0 Å². The molecule has 226 valence electrons. The third-order valence-electron chi connectivity index (χ3n) is 8.18. The number of pyridine rings is 3. The second kappa shape index (κ2) is 11.5. The maximum atomic E-state index is 13.5. The Balaban J connectivity index is 1.14. The van der Waals surface area contributed by atoms with Crippen molar-refractivity contribution in [3.8, 4) is 34.2 Å². The number of aromatic nitrogens is 5. The number of imidazole rings is 1. The number of anilines is 2.